The van der Waals surface area contributed by atoms with Crippen molar-refractivity contribution in [2.45, 2.75) is 19.2 Å². The minimum atomic E-state index is -4.83. The fourth-order valence-corrected chi connectivity index (χ4v) is 4.48. The summed E-state index contributed by atoms with van der Waals surface area (Å²) >= 11 is 6.15. The maximum Gasteiger partial charge on any atom is 0.436 e. The lowest BCUT2D eigenvalue weighted by atomic mass is 10.0. The molecule has 1 fully saturated rings. The van der Waals surface area contributed by atoms with Crippen LogP contribution >= 0.6 is 11.6 Å². The molecule has 1 N–H and O–H groups in total. The van der Waals surface area contributed by atoms with Crippen LogP contribution in [0.2, 0.25) is 5.02 Å². The topological polar surface area (TPSA) is 99.6 Å². The highest BCUT2D eigenvalue weighted by Crippen LogP contribution is 2.41. The first-order valence-electron chi connectivity index (χ1n) is 10.7. The second-order valence-corrected chi connectivity index (χ2v) is 8.55. The Bertz CT molecular complexity index is 1490. The largest absolute Gasteiger partial charge is 0.436 e. The number of aliphatic hydroxyl groups excluding tert-OH is 1. The Hall–Kier alpha value is -3.46. The van der Waals surface area contributed by atoms with Gasteiger partial charge in [0.05, 0.1) is 36.3 Å². The Morgan fingerprint density at radius 2 is 2.06 bits per heavy atom. The van der Waals surface area contributed by atoms with Crippen LogP contribution in [0.1, 0.15) is 17.0 Å². The van der Waals surface area contributed by atoms with Gasteiger partial charge in [0.25, 0.3) is 0 Å². The molecule has 1 aliphatic rings. The third-order valence-electron chi connectivity index (χ3n) is 5.86. The second-order valence-electron chi connectivity index (χ2n) is 8.11. The van der Waals surface area contributed by atoms with E-state index in [9.17, 15) is 18.4 Å². The molecule has 0 bridgehead atoms. The molecule has 0 aliphatic carbocycles. The van der Waals surface area contributed by atoms with Crippen LogP contribution in [0.5, 0.6) is 0 Å². The summed E-state index contributed by atoms with van der Waals surface area (Å²) in [5.41, 5.74) is -0.724. The molecule has 3 aromatic heterocycles. The summed E-state index contributed by atoms with van der Waals surface area (Å²) < 4.78 is 47.8. The van der Waals surface area contributed by atoms with Gasteiger partial charge in [-0.05, 0) is 30.5 Å². The highest BCUT2D eigenvalue weighted by molar-refractivity contribution is 6.31. The molecular formula is C23H18ClF3N6O2. The Morgan fingerprint density at radius 1 is 1.29 bits per heavy atom. The monoisotopic (exact) mass is 502 g/mol. The average Bonchev–Trinajstić information content (AvgIpc) is 3.16. The minimum Gasteiger partial charge on any atom is -0.394 e. The summed E-state index contributed by atoms with van der Waals surface area (Å²) in [6.45, 7) is 2.38. The Labute approximate surface area is 202 Å². The van der Waals surface area contributed by atoms with E-state index in [1.54, 1.807) is 43.5 Å². The molecule has 0 saturated carbocycles. The quantitative estimate of drug-likeness (QED) is 0.440. The number of hydrogen-bond acceptors (Lipinski definition) is 7. The Morgan fingerprint density at radius 3 is 2.74 bits per heavy atom. The number of alkyl halides is 3. The molecule has 0 unspecified atom stereocenters. The zero-order chi connectivity index (χ0) is 24.9. The second kappa shape index (κ2) is 8.64. The summed E-state index contributed by atoms with van der Waals surface area (Å²) in [5, 5.41) is 24.4. The maximum atomic E-state index is 13.7. The minimum absolute atomic E-state index is 0.136. The molecule has 4 heterocycles. The van der Waals surface area contributed by atoms with Crippen molar-refractivity contribution in [1.82, 2.24) is 19.6 Å². The molecule has 0 atom stereocenters. The zero-order valence-electron chi connectivity index (χ0n) is 18.3. The lowest BCUT2D eigenvalue weighted by molar-refractivity contribution is -0.141. The molecule has 0 amide bonds. The van der Waals surface area contributed by atoms with Gasteiger partial charge in [0.2, 0.25) is 0 Å². The number of ether oxygens (including phenoxy) is 1. The van der Waals surface area contributed by atoms with Gasteiger partial charge in [-0.1, -0.05) is 17.7 Å². The number of nitrogens with zero attached hydrogens (tertiary/aromatic N) is 6. The van der Waals surface area contributed by atoms with Crippen LogP contribution in [0.3, 0.4) is 0 Å². The third-order valence-corrected chi connectivity index (χ3v) is 6.09. The number of hydrogen-bond donors (Lipinski definition) is 1. The lowest BCUT2D eigenvalue weighted by Gasteiger charge is -2.41. The SMILES string of the molecule is Cc1nc2c(C#N)c(C(F)(F)F)nn2c(N2CC(OCCO)C2)c1-c1nccc2cc(Cl)ccc12. The fraction of sp³-hybridized carbons (Fsp3) is 0.304. The van der Waals surface area contributed by atoms with Crippen molar-refractivity contribution in [3.63, 3.8) is 0 Å². The predicted octanol–water partition coefficient (Wildman–Crippen LogP) is 3.99. The number of rotatable bonds is 5. The number of anilines is 1. The Kier molecular flexibility index (Phi) is 5.75. The van der Waals surface area contributed by atoms with Crippen LogP contribution in [0.25, 0.3) is 27.7 Å². The molecule has 0 radical (unpaired) electrons. The van der Waals surface area contributed by atoms with Crippen molar-refractivity contribution in [3.8, 4) is 17.3 Å². The van der Waals surface area contributed by atoms with E-state index >= 15 is 0 Å². The van der Waals surface area contributed by atoms with Crippen molar-refractivity contribution in [2.75, 3.05) is 31.2 Å². The van der Waals surface area contributed by atoms with E-state index < -0.39 is 17.4 Å². The first kappa shape index (κ1) is 23.3. The van der Waals surface area contributed by atoms with E-state index in [0.717, 1.165) is 15.3 Å². The molecular weight excluding hydrogens is 485 g/mol. The van der Waals surface area contributed by atoms with Crippen molar-refractivity contribution in [1.29, 1.82) is 5.26 Å². The van der Waals surface area contributed by atoms with Gasteiger partial charge in [0, 0.05) is 29.7 Å². The third kappa shape index (κ3) is 3.93. The highest BCUT2D eigenvalue weighted by Gasteiger charge is 2.41. The van der Waals surface area contributed by atoms with Gasteiger partial charge in [0.15, 0.2) is 11.3 Å². The van der Waals surface area contributed by atoms with E-state index in [0.29, 0.717) is 40.9 Å². The molecule has 1 aliphatic heterocycles. The highest BCUT2D eigenvalue weighted by atomic mass is 35.5. The lowest BCUT2D eigenvalue weighted by Crippen LogP contribution is -2.53. The molecule has 12 heteroatoms. The summed E-state index contributed by atoms with van der Waals surface area (Å²) in [5.74, 6) is 0.332. The van der Waals surface area contributed by atoms with Crippen molar-refractivity contribution in [3.05, 3.63) is 52.4 Å². The van der Waals surface area contributed by atoms with Gasteiger partial charge in [-0.15, -0.1) is 0 Å². The fourth-order valence-electron chi connectivity index (χ4n) is 4.30. The average molecular weight is 503 g/mol. The van der Waals surface area contributed by atoms with Crippen LogP contribution in [-0.4, -0.2) is 57.1 Å². The smallest absolute Gasteiger partial charge is 0.394 e. The van der Waals surface area contributed by atoms with E-state index in [4.69, 9.17) is 21.4 Å². The van der Waals surface area contributed by atoms with Crippen molar-refractivity contribution >= 4 is 33.8 Å². The van der Waals surface area contributed by atoms with Crippen LogP contribution < -0.4 is 4.90 Å². The normalized spacial score (nSPS) is 14.5. The van der Waals surface area contributed by atoms with Gasteiger partial charge < -0.3 is 14.7 Å². The van der Waals surface area contributed by atoms with Gasteiger partial charge in [-0.3, -0.25) is 4.98 Å². The molecule has 1 saturated heterocycles. The van der Waals surface area contributed by atoms with Gasteiger partial charge in [-0.25, -0.2) is 4.98 Å². The molecule has 4 aromatic rings. The number of aryl methyl sites for hydroxylation is 1. The summed E-state index contributed by atoms with van der Waals surface area (Å²) in [6.07, 6.45) is -3.46. The number of nitriles is 1. The first-order valence-corrected chi connectivity index (χ1v) is 11.0. The first-order chi connectivity index (χ1) is 16.7. The summed E-state index contributed by atoms with van der Waals surface area (Å²) in [6, 6.07) is 8.68. The number of fused-ring (bicyclic) bond motifs is 2. The summed E-state index contributed by atoms with van der Waals surface area (Å²) in [7, 11) is 0. The Balaban J connectivity index is 1.79. The van der Waals surface area contributed by atoms with Crippen molar-refractivity contribution < 1.29 is 23.0 Å². The molecule has 8 nitrogen and oxygen atoms in total. The van der Waals surface area contributed by atoms with Crippen LogP contribution in [0.4, 0.5) is 19.0 Å². The van der Waals surface area contributed by atoms with Crippen LogP contribution in [0, 0.1) is 18.3 Å². The van der Waals surface area contributed by atoms with Gasteiger partial charge in [0.1, 0.15) is 17.5 Å². The molecule has 180 valence electrons. The van der Waals surface area contributed by atoms with E-state index in [1.165, 1.54) is 0 Å². The van der Waals surface area contributed by atoms with Crippen LogP contribution in [0.15, 0.2) is 30.5 Å². The molecule has 5 rings (SSSR count). The molecule has 1 aromatic carbocycles. The number of pyridine rings is 1. The number of aromatic nitrogens is 4. The van der Waals surface area contributed by atoms with Crippen molar-refractivity contribution in [2.24, 2.45) is 0 Å². The van der Waals surface area contributed by atoms with E-state index in [2.05, 4.69) is 15.1 Å². The molecule has 0 spiro atoms. The zero-order valence-corrected chi connectivity index (χ0v) is 19.1. The number of benzene rings is 1. The van der Waals surface area contributed by atoms with E-state index in [-0.39, 0.29) is 25.0 Å². The predicted molar refractivity (Wildman–Crippen MR) is 122 cm³/mol. The van der Waals surface area contributed by atoms with E-state index in [1.807, 2.05) is 4.90 Å². The maximum absolute atomic E-state index is 13.7. The van der Waals surface area contributed by atoms with Gasteiger partial charge in [-0.2, -0.15) is 28.0 Å². The molecule has 35 heavy (non-hydrogen) atoms. The number of aliphatic hydroxyl groups is 1. The summed E-state index contributed by atoms with van der Waals surface area (Å²) in [4.78, 5) is 10.7. The van der Waals surface area contributed by atoms with Crippen LogP contribution in [-0.2, 0) is 10.9 Å². The van der Waals surface area contributed by atoms with Gasteiger partial charge >= 0.3 is 6.18 Å². The standard InChI is InChI=1S/C23H18ClF3N6O2/c1-12-18(19-16-3-2-14(24)8-13(16)4-5-29-19)22(32-10-15(11-32)35-7-6-34)33-21(30-12)17(9-28)20(31-33)23(25,26)27/h2-5,8,15,34H,6-7,10-11H2,1H3. The number of halogens is 4.